The van der Waals surface area contributed by atoms with Crippen LogP contribution in [0.25, 0.3) is 0 Å². The lowest BCUT2D eigenvalue weighted by atomic mass is 10.2. The highest BCUT2D eigenvalue weighted by molar-refractivity contribution is 9.10. The zero-order valence-corrected chi connectivity index (χ0v) is 17.6. The number of benzene rings is 2. The summed E-state index contributed by atoms with van der Waals surface area (Å²) in [4.78, 5) is 11.7. The van der Waals surface area contributed by atoms with Gasteiger partial charge in [-0.15, -0.1) is 0 Å². The van der Waals surface area contributed by atoms with Gasteiger partial charge in [0, 0.05) is 10.2 Å². The van der Waals surface area contributed by atoms with Crippen molar-refractivity contribution in [3.05, 3.63) is 52.5 Å². The standard InChI is InChI=1S/C16H17BrN2O6S2/c1-3-25-16(20)11-4-9-15(14(17)10-11)27(23,24)19-12-5-7-13(8-6-12)26(21,22)18-2/h4-10,18-19H,3H2,1-2H3. The van der Waals surface area contributed by atoms with E-state index in [2.05, 4.69) is 25.4 Å². The van der Waals surface area contributed by atoms with Crippen LogP contribution in [-0.4, -0.2) is 36.5 Å². The average molecular weight is 477 g/mol. The van der Waals surface area contributed by atoms with E-state index in [-0.39, 0.29) is 32.1 Å². The van der Waals surface area contributed by atoms with Crippen molar-refractivity contribution in [2.75, 3.05) is 18.4 Å². The van der Waals surface area contributed by atoms with Crippen molar-refractivity contribution in [1.82, 2.24) is 4.72 Å². The molecule has 27 heavy (non-hydrogen) atoms. The Bertz CT molecular complexity index is 1050. The Hall–Kier alpha value is -1.95. The molecule has 146 valence electrons. The van der Waals surface area contributed by atoms with Crippen molar-refractivity contribution in [1.29, 1.82) is 0 Å². The predicted octanol–water partition coefficient (Wildman–Crippen LogP) is 2.33. The summed E-state index contributed by atoms with van der Waals surface area (Å²) in [5.74, 6) is -0.559. The number of halogens is 1. The fourth-order valence-electron chi connectivity index (χ4n) is 2.09. The van der Waals surface area contributed by atoms with Crippen LogP contribution < -0.4 is 9.44 Å². The molecule has 0 fully saturated rings. The van der Waals surface area contributed by atoms with E-state index in [0.29, 0.717) is 0 Å². The number of esters is 1. The van der Waals surface area contributed by atoms with E-state index >= 15 is 0 Å². The van der Waals surface area contributed by atoms with E-state index in [9.17, 15) is 21.6 Å². The molecule has 0 bridgehead atoms. The van der Waals surface area contributed by atoms with Gasteiger partial charge in [0.15, 0.2) is 0 Å². The Labute approximate surface area is 166 Å². The normalized spacial score (nSPS) is 11.8. The predicted molar refractivity (Wildman–Crippen MR) is 104 cm³/mol. The molecule has 0 saturated carbocycles. The first-order chi connectivity index (χ1) is 12.6. The summed E-state index contributed by atoms with van der Waals surface area (Å²) in [5.41, 5.74) is 0.399. The quantitative estimate of drug-likeness (QED) is 0.591. The Morgan fingerprint density at radius 3 is 2.19 bits per heavy atom. The van der Waals surface area contributed by atoms with Gasteiger partial charge in [-0.3, -0.25) is 4.72 Å². The van der Waals surface area contributed by atoms with E-state index in [1.807, 2.05) is 0 Å². The SMILES string of the molecule is CCOC(=O)c1ccc(S(=O)(=O)Nc2ccc(S(=O)(=O)NC)cc2)c(Br)c1. The van der Waals surface area contributed by atoms with Gasteiger partial charge < -0.3 is 4.74 Å². The zero-order valence-electron chi connectivity index (χ0n) is 14.4. The van der Waals surface area contributed by atoms with E-state index in [1.165, 1.54) is 49.5 Å². The molecule has 2 aromatic rings. The summed E-state index contributed by atoms with van der Waals surface area (Å²) in [6.07, 6.45) is 0. The molecule has 0 atom stereocenters. The minimum Gasteiger partial charge on any atom is -0.462 e. The molecule has 2 N–H and O–H groups in total. The van der Waals surface area contributed by atoms with Crippen LogP contribution in [0.3, 0.4) is 0 Å². The average Bonchev–Trinajstić information content (AvgIpc) is 2.61. The highest BCUT2D eigenvalue weighted by Crippen LogP contribution is 2.26. The van der Waals surface area contributed by atoms with Crippen LogP contribution in [0.2, 0.25) is 0 Å². The van der Waals surface area contributed by atoms with Gasteiger partial charge in [-0.2, -0.15) is 0 Å². The first-order valence-corrected chi connectivity index (χ1v) is 11.4. The molecule has 0 aliphatic rings. The van der Waals surface area contributed by atoms with Gasteiger partial charge >= 0.3 is 5.97 Å². The zero-order chi connectivity index (χ0) is 20.2. The van der Waals surface area contributed by atoms with Crippen LogP contribution in [0.1, 0.15) is 17.3 Å². The molecule has 0 aliphatic heterocycles. The molecular formula is C16H17BrN2O6S2. The number of hydrogen-bond donors (Lipinski definition) is 2. The number of ether oxygens (including phenoxy) is 1. The molecule has 0 heterocycles. The van der Waals surface area contributed by atoms with E-state index < -0.39 is 26.0 Å². The number of carbonyl (C=O) groups is 1. The molecule has 2 aromatic carbocycles. The van der Waals surface area contributed by atoms with Crippen LogP contribution in [0.4, 0.5) is 5.69 Å². The van der Waals surface area contributed by atoms with Gasteiger partial charge in [0.1, 0.15) is 4.90 Å². The van der Waals surface area contributed by atoms with Gasteiger partial charge in [0.05, 0.1) is 17.1 Å². The molecule has 11 heteroatoms. The monoisotopic (exact) mass is 476 g/mol. The van der Waals surface area contributed by atoms with Crippen molar-refractivity contribution in [3.63, 3.8) is 0 Å². The maximum Gasteiger partial charge on any atom is 0.338 e. The first kappa shape index (κ1) is 21.4. The molecule has 0 radical (unpaired) electrons. The number of hydrogen-bond acceptors (Lipinski definition) is 6. The van der Waals surface area contributed by atoms with Gasteiger partial charge in [-0.25, -0.2) is 26.4 Å². The fraction of sp³-hybridized carbons (Fsp3) is 0.188. The van der Waals surface area contributed by atoms with Crippen LogP contribution in [0, 0.1) is 0 Å². The molecule has 0 spiro atoms. The van der Waals surface area contributed by atoms with Crippen molar-refractivity contribution < 1.29 is 26.4 Å². The summed E-state index contributed by atoms with van der Waals surface area (Å²) >= 11 is 3.15. The Morgan fingerprint density at radius 1 is 1.04 bits per heavy atom. The summed E-state index contributed by atoms with van der Waals surface area (Å²) in [5, 5.41) is 0. The largest absolute Gasteiger partial charge is 0.462 e. The smallest absolute Gasteiger partial charge is 0.338 e. The Morgan fingerprint density at radius 2 is 1.67 bits per heavy atom. The summed E-state index contributed by atoms with van der Waals surface area (Å²) in [7, 11) is -6.30. The lowest BCUT2D eigenvalue weighted by molar-refractivity contribution is 0.0526. The molecule has 2 rings (SSSR count). The van der Waals surface area contributed by atoms with Crippen molar-refractivity contribution in [3.8, 4) is 0 Å². The third-order valence-corrected chi connectivity index (χ3v) is 7.21. The van der Waals surface area contributed by atoms with Crippen LogP contribution >= 0.6 is 15.9 Å². The lowest BCUT2D eigenvalue weighted by Gasteiger charge is -2.11. The number of rotatable bonds is 7. The molecule has 0 saturated heterocycles. The summed E-state index contributed by atoms with van der Waals surface area (Å²) in [6.45, 7) is 1.88. The van der Waals surface area contributed by atoms with Crippen molar-refractivity contribution in [2.24, 2.45) is 0 Å². The number of anilines is 1. The number of carbonyl (C=O) groups excluding carboxylic acids is 1. The minimum absolute atomic E-state index is 0.00733. The van der Waals surface area contributed by atoms with Gasteiger partial charge in [0.25, 0.3) is 10.0 Å². The number of sulfonamides is 2. The van der Waals surface area contributed by atoms with Gasteiger partial charge in [-0.05, 0) is 72.4 Å². The van der Waals surface area contributed by atoms with Gasteiger partial charge in [-0.1, -0.05) is 0 Å². The second-order valence-corrected chi connectivity index (χ2v) is 9.59. The Kier molecular flexibility index (Phi) is 6.63. The van der Waals surface area contributed by atoms with E-state index in [1.54, 1.807) is 6.92 Å². The molecule has 0 aromatic heterocycles. The van der Waals surface area contributed by atoms with Crippen LogP contribution in [-0.2, 0) is 24.8 Å². The maximum atomic E-state index is 12.6. The summed E-state index contributed by atoms with van der Waals surface area (Å²) < 4.78 is 58.2. The highest BCUT2D eigenvalue weighted by Gasteiger charge is 2.20. The number of nitrogens with one attached hydrogen (secondary N) is 2. The third-order valence-electron chi connectivity index (χ3n) is 3.42. The minimum atomic E-state index is -3.97. The van der Waals surface area contributed by atoms with E-state index in [4.69, 9.17) is 4.74 Å². The first-order valence-electron chi connectivity index (χ1n) is 7.64. The second kappa shape index (κ2) is 8.38. The maximum absolute atomic E-state index is 12.6. The topological polar surface area (TPSA) is 119 Å². The fourth-order valence-corrected chi connectivity index (χ4v) is 4.96. The second-order valence-electron chi connectivity index (χ2n) is 5.20. The Balaban J connectivity index is 2.28. The molecule has 0 unspecified atom stereocenters. The van der Waals surface area contributed by atoms with Crippen molar-refractivity contribution >= 4 is 47.6 Å². The van der Waals surface area contributed by atoms with Crippen LogP contribution in [0.15, 0.2) is 56.7 Å². The molecule has 0 aliphatic carbocycles. The highest BCUT2D eigenvalue weighted by atomic mass is 79.9. The third kappa shape index (κ3) is 5.06. The van der Waals surface area contributed by atoms with E-state index in [0.717, 1.165) is 0 Å². The molecule has 8 nitrogen and oxygen atoms in total. The van der Waals surface area contributed by atoms with Crippen LogP contribution in [0.5, 0.6) is 0 Å². The lowest BCUT2D eigenvalue weighted by Crippen LogP contribution is -2.18. The molecular weight excluding hydrogens is 460 g/mol. The van der Waals surface area contributed by atoms with Crippen molar-refractivity contribution in [2.45, 2.75) is 16.7 Å². The molecule has 0 amide bonds. The summed E-state index contributed by atoms with van der Waals surface area (Å²) in [6, 6.07) is 9.21. The van der Waals surface area contributed by atoms with Gasteiger partial charge in [0.2, 0.25) is 10.0 Å².